The second-order valence-electron chi connectivity index (χ2n) is 6.00. The summed E-state index contributed by atoms with van der Waals surface area (Å²) in [5, 5.41) is 0. The van der Waals surface area contributed by atoms with Crippen molar-refractivity contribution >= 4 is 0 Å². The van der Waals surface area contributed by atoms with Gasteiger partial charge >= 0.3 is 0 Å². The Labute approximate surface area is 94.5 Å². The van der Waals surface area contributed by atoms with Crippen LogP contribution in [0.25, 0.3) is 0 Å². The zero-order valence-electron chi connectivity index (χ0n) is 10.6. The lowest BCUT2D eigenvalue weighted by Gasteiger charge is -2.58. The monoisotopic (exact) mass is 204 g/mol. The van der Waals surface area contributed by atoms with Crippen molar-refractivity contribution in [1.82, 2.24) is 0 Å². The van der Waals surface area contributed by atoms with Crippen molar-refractivity contribution in [2.24, 2.45) is 17.3 Å². The van der Waals surface area contributed by atoms with Crippen molar-refractivity contribution in [3.63, 3.8) is 0 Å². The molecule has 3 aliphatic carbocycles. The second kappa shape index (κ2) is 3.81. The molecule has 0 aromatic rings. The van der Waals surface area contributed by atoms with Gasteiger partial charge in [-0.15, -0.1) is 0 Å². The summed E-state index contributed by atoms with van der Waals surface area (Å²) >= 11 is 0. The Bertz CT molecular complexity index is 304. The van der Waals surface area contributed by atoms with Crippen molar-refractivity contribution in [1.29, 1.82) is 0 Å². The normalized spacial score (nSPS) is 38.0. The molecule has 0 heterocycles. The summed E-state index contributed by atoms with van der Waals surface area (Å²) in [6.45, 7) is 9.25. The number of hydrogen-bond acceptors (Lipinski definition) is 0. The molecule has 0 radical (unpaired) electrons. The molecular weight excluding hydrogens is 180 g/mol. The van der Waals surface area contributed by atoms with E-state index in [1.807, 2.05) is 0 Å². The van der Waals surface area contributed by atoms with Crippen LogP contribution in [0, 0.1) is 17.3 Å². The van der Waals surface area contributed by atoms with Gasteiger partial charge < -0.3 is 0 Å². The molecule has 1 unspecified atom stereocenters. The van der Waals surface area contributed by atoms with Crippen LogP contribution in [0.2, 0.25) is 0 Å². The number of rotatable bonds is 3. The van der Waals surface area contributed by atoms with Crippen LogP contribution in [0.15, 0.2) is 23.3 Å². The molecule has 0 aromatic heterocycles. The Hall–Kier alpha value is -0.520. The molecular formula is C15H24. The van der Waals surface area contributed by atoms with Crippen LogP contribution < -0.4 is 0 Å². The first kappa shape index (κ1) is 11.0. The van der Waals surface area contributed by atoms with Crippen LogP contribution in [0.5, 0.6) is 0 Å². The zero-order valence-corrected chi connectivity index (χ0v) is 10.6. The molecule has 1 saturated carbocycles. The molecule has 3 rings (SSSR count). The molecule has 0 saturated heterocycles. The van der Waals surface area contributed by atoms with Gasteiger partial charge in [0.05, 0.1) is 0 Å². The highest BCUT2D eigenvalue weighted by atomic mass is 14.6. The molecule has 84 valence electrons. The van der Waals surface area contributed by atoms with Gasteiger partial charge in [-0.25, -0.2) is 0 Å². The summed E-state index contributed by atoms with van der Waals surface area (Å²) in [6, 6.07) is 0. The van der Waals surface area contributed by atoms with Crippen molar-refractivity contribution in [2.45, 2.75) is 53.4 Å². The SMILES string of the molecule is CC(C)=CCCC1(C)[C@H]2CC=C(C)[C@@H]1C2. The van der Waals surface area contributed by atoms with Gasteiger partial charge in [0.2, 0.25) is 0 Å². The van der Waals surface area contributed by atoms with Crippen molar-refractivity contribution in [3.05, 3.63) is 23.3 Å². The van der Waals surface area contributed by atoms with Gasteiger partial charge in [0.25, 0.3) is 0 Å². The van der Waals surface area contributed by atoms with Gasteiger partial charge in [0.1, 0.15) is 0 Å². The summed E-state index contributed by atoms with van der Waals surface area (Å²) in [7, 11) is 0. The highest BCUT2D eigenvalue weighted by Crippen LogP contribution is 2.61. The third-order valence-electron chi connectivity index (χ3n) is 4.76. The predicted octanol–water partition coefficient (Wildman–Crippen LogP) is 4.73. The van der Waals surface area contributed by atoms with E-state index < -0.39 is 0 Å². The Morgan fingerprint density at radius 3 is 2.80 bits per heavy atom. The van der Waals surface area contributed by atoms with Crippen LogP contribution in [0.1, 0.15) is 53.4 Å². The molecule has 1 fully saturated rings. The van der Waals surface area contributed by atoms with E-state index in [1.165, 1.54) is 31.3 Å². The van der Waals surface area contributed by atoms with Gasteiger partial charge in [-0.2, -0.15) is 0 Å². The standard InChI is InChI=1S/C15H24/c1-11(2)6-5-9-15(4)13-8-7-12(3)14(15)10-13/h6-7,13-14H,5,8-10H2,1-4H3/t13-,14-,15?/m0/s1. The van der Waals surface area contributed by atoms with Crippen molar-refractivity contribution in [2.75, 3.05) is 0 Å². The minimum atomic E-state index is 0.630. The first-order valence-electron chi connectivity index (χ1n) is 6.34. The average molecular weight is 204 g/mol. The van der Waals surface area contributed by atoms with Crippen LogP contribution in [0.4, 0.5) is 0 Å². The van der Waals surface area contributed by atoms with Crippen LogP contribution >= 0.6 is 0 Å². The van der Waals surface area contributed by atoms with Crippen LogP contribution in [-0.2, 0) is 0 Å². The zero-order chi connectivity index (χ0) is 11.1. The second-order valence-corrected chi connectivity index (χ2v) is 6.00. The maximum atomic E-state index is 2.52. The predicted molar refractivity (Wildman–Crippen MR) is 66.7 cm³/mol. The molecule has 0 nitrogen and oxygen atoms in total. The summed E-state index contributed by atoms with van der Waals surface area (Å²) in [6.07, 6.45) is 10.3. The Balaban J connectivity index is 1.98. The molecule has 0 N–H and O–H groups in total. The molecule has 2 bridgehead atoms. The largest absolute Gasteiger partial charge is 0.0859 e. The lowest BCUT2D eigenvalue weighted by atomic mass is 9.47. The fourth-order valence-electron chi connectivity index (χ4n) is 3.54. The van der Waals surface area contributed by atoms with Gasteiger partial charge in [-0.3, -0.25) is 0 Å². The van der Waals surface area contributed by atoms with Gasteiger partial charge in [0, 0.05) is 0 Å². The maximum Gasteiger partial charge on any atom is -0.0146 e. The molecule has 3 aliphatic rings. The minimum absolute atomic E-state index is 0.630. The summed E-state index contributed by atoms with van der Waals surface area (Å²) in [4.78, 5) is 0. The van der Waals surface area contributed by atoms with Crippen molar-refractivity contribution < 1.29 is 0 Å². The van der Waals surface area contributed by atoms with Crippen LogP contribution in [-0.4, -0.2) is 0 Å². The van der Waals surface area contributed by atoms with E-state index in [4.69, 9.17) is 0 Å². The fraction of sp³-hybridized carbons (Fsp3) is 0.733. The smallest absolute Gasteiger partial charge is 0.0146 e. The quantitative estimate of drug-likeness (QED) is 0.583. The third kappa shape index (κ3) is 1.79. The van der Waals surface area contributed by atoms with Crippen LogP contribution in [0.3, 0.4) is 0 Å². The molecule has 15 heavy (non-hydrogen) atoms. The Morgan fingerprint density at radius 2 is 2.27 bits per heavy atom. The Kier molecular flexibility index (Phi) is 2.79. The van der Waals surface area contributed by atoms with E-state index in [9.17, 15) is 0 Å². The first-order chi connectivity index (χ1) is 7.04. The first-order valence-corrected chi connectivity index (χ1v) is 6.34. The fourth-order valence-corrected chi connectivity index (χ4v) is 3.54. The number of hydrogen-bond donors (Lipinski definition) is 0. The van der Waals surface area contributed by atoms with E-state index in [0.717, 1.165) is 11.8 Å². The molecule has 0 heteroatoms. The lowest BCUT2D eigenvalue weighted by molar-refractivity contribution is -0.0312. The Morgan fingerprint density at radius 1 is 1.53 bits per heavy atom. The molecule has 0 aliphatic heterocycles. The van der Waals surface area contributed by atoms with Gasteiger partial charge in [0.15, 0.2) is 0 Å². The molecule has 3 atom stereocenters. The van der Waals surface area contributed by atoms with Gasteiger partial charge in [-0.1, -0.05) is 30.2 Å². The van der Waals surface area contributed by atoms with E-state index in [-0.39, 0.29) is 0 Å². The average Bonchev–Trinajstić information content (AvgIpc) is 2.16. The topological polar surface area (TPSA) is 0 Å². The van der Waals surface area contributed by atoms with Gasteiger partial charge in [-0.05, 0) is 63.7 Å². The minimum Gasteiger partial charge on any atom is -0.0859 e. The number of allylic oxidation sites excluding steroid dienone is 4. The summed E-state index contributed by atoms with van der Waals surface area (Å²) in [5.74, 6) is 1.89. The molecule has 0 spiro atoms. The maximum absolute atomic E-state index is 2.52. The summed E-state index contributed by atoms with van der Waals surface area (Å²) < 4.78 is 0. The lowest BCUT2D eigenvalue weighted by Crippen LogP contribution is -2.49. The highest BCUT2D eigenvalue weighted by Gasteiger charge is 2.52. The number of fused-ring (bicyclic) bond motifs is 1. The highest BCUT2D eigenvalue weighted by molar-refractivity contribution is 5.22. The third-order valence-corrected chi connectivity index (χ3v) is 4.76. The van der Waals surface area contributed by atoms with Crippen molar-refractivity contribution in [3.8, 4) is 0 Å². The van der Waals surface area contributed by atoms with E-state index in [1.54, 1.807) is 5.57 Å². The summed E-state index contributed by atoms with van der Waals surface area (Å²) in [5.41, 5.74) is 3.76. The van der Waals surface area contributed by atoms with E-state index >= 15 is 0 Å². The molecule has 0 amide bonds. The molecule has 0 aromatic carbocycles. The van der Waals surface area contributed by atoms with E-state index in [0.29, 0.717) is 5.41 Å². The van der Waals surface area contributed by atoms with E-state index in [2.05, 4.69) is 39.8 Å².